The molecule has 1 amide bonds. The first-order valence-corrected chi connectivity index (χ1v) is 4.20. The Hall–Kier alpha value is -2.15. The molecule has 0 aromatic heterocycles. The maximum absolute atomic E-state index is 12.8. The molecule has 3 nitrogen and oxygen atoms in total. The fourth-order valence-corrected chi connectivity index (χ4v) is 1.15. The van der Waals surface area contributed by atoms with Crippen LogP contribution < -0.4 is 4.90 Å². The molecule has 0 unspecified atom stereocenters. The van der Waals surface area contributed by atoms with Gasteiger partial charge in [-0.1, -0.05) is 6.58 Å². The number of likely N-dealkylation sites (N-methyl/N-ethyl adjacent to an activating group) is 1. The van der Waals surface area contributed by atoms with Crippen molar-refractivity contribution in [2.45, 2.75) is 0 Å². The van der Waals surface area contributed by atoms with Gasteiger partial charge in [0.05, 0.1) is 11.3 Å². The van der Waals surface area contributed by atoms with Gasteiger partial charge in [-0.05, 0) is 24.3 Å². The van der Waals surface area contributed by atoms with Gasteiger partial charge in [0.2, 0.25) is 5.91 Å². The van der Waals surface area contributed by atoms with E-state index in [0.717, 1.165) is 12.1 Å². The quantitative estimate of drug-likeness (QED) is 0.690. The van der Waals surface area contributed by atoms with E-state index < -0.39 is 5.82 Å². The molecule has 0 aliphatic rings. The summed E-state index contributed by atoms with van der Waals surface area (Å²) in [7, 11) is 1.50. The molecular weight excluding hydrogens is 195 g/mol. The Kier molecular flexibility index (Phi) is 3.19. The Labute approximate surface area is 87.0 Å². The summed E-state index contributed by atoms with van der Waals surface area (Å²) in [6.07, 6.45) is 1.13. The highest BCUT2D eigenvalue weighted by Crippen LogP contribution is 2.19. The Morgan fingerprint density at radius 3 is 2.87 bits per heavy atom. The summed E-state index contributed by atoms with van der Waals surface area (Å²) in [5.74, 6) is -0.854. The molecule has 15 heavy (non-hydrogen) atoms. The van der Waals surface area contributed by atoms with Gasteiger partial charge in [-0.25, -0.2) is 4.39 Å². The first-order chi connectivity index (χ1) is 7.10. The van der Waals surface area contributed by atoms with Crippen LogP contribution in [0.5, 0.6) is 0 Å². The monoisotopic (exact) mass is 204 g/mol. The fourth-order valence-electron chi connectivity index (χ4n) is 1.15. The standard InChI is InChI=1S/C11H9FN2O/c1-3-11(15)14(2)10-5-4-9(12)6-8(10)7-13/h3-6H,1H2,2H3. The van der Waals surface area contributed by atoms with Gasteiger partial charge < -0.3 is 4.90 Å². The topological polar surface area (TPSA) is 44.1 Å². The lowest BCUT2D eigenvalue weighted by molar-refractivity contribution is -0.113. The van der Waals surface area contributed by atoms with Crippen molar-refractivity contribution in [3.05, 3.63) is 42.2 Å². The second-order valence-corrected chi connectivity index (χ2v) is 2.87. The SMILES string of the molecule is C=CC(=O)N(C)c1ccc(F)cc1C#N. The number of carbonyl (C=O) groups is 1. The predicted octanol–water partition coefficient (Wildman–Crippen LogP) is 1.85. The molecule has 76 valence electrons. The van der Waals surface area contributed by atoms with Crippen molar-refractivity contribution in [2.75, 3.05) is 11.9 Å². The molecule has 1 rings (SSSR count). The van der Waals surface area contributed by atoms with Crippen LogP contribution >= 0.6 is 0 Å². The van der Waals surface area contributed by atoms with Crippen LogP contribution in [0, 0.1) is 17.1 Å². The van der Waals surface area contributed by atoms with Crippen molar-refractivity contribution >= 4 is 11.6 Å². The van der Waals surface area contributed by atoms with Crippen molar-refractivity contribution in [1.29, 1.82) is 5.26 Å². The smallest absolute Gasteiger partial charge is 0.250 e. The van der Waals surface area contributed by atoms with E-state index in [1.54, 1.807) is 0 Å². The number of hydrogen-bond acceptors (Lipinski definition) is 2. The van der Waals surface area contributed by atoms with Gasteiger partial charge in [0.1, 0.15) is 11.9 Å². The first-order valence-electron chi connectivity index (χ1n) is 4.20. The molecule has 1 aromatic rings. The number of rotatable bonds is 2. The molecular formula is C11H9FN2O. The summed E-state index contributed by atoms with van der Waals surface area (Å²) in [5.41, 5.74) is 0.483. The van der Waals surface area contributed by atoms with Gasteiger partial charge >= 0.3 is 0 Å². The molecule has 0 heterocycles. The lowest BCUT2D eigenvalue weighted by atomic mass is 10.1. The Morgan fingerprint density at radius 2 is 2.33 bits per heavy atom. The summed E-state index contributed by atoms with van der Waals surface area (Å²) in [5, 5.41) is 8.77. The summed E-state index contributed by atoms with van der Waals surface area (Å²) < 4.78 is 12.8. The van der Waals surface area contributed by atoms with Crippen LogP contribution in [-0.4, -0.2) is 13.0 Å². The number of anilines is 1. The molecule has 0 N–H and O–H groups in total. The van der Waals surface area contributed by atoms with Crippen LogP contribution in [0.25, 0.3) is 0 Å². The molecule has 1 aromatic carbocycles. The zero-order valence-electron chi connectivity index (χ0n) is 8.20. The number of carbonyl (C=O) groups excluding carboxylic acids is 1. The fraction of sp³-hybridized carbons (Fsp3) is 0.0909. The molecule has 4 heteroatoms. The van der Waals surface area contributed by atoms with E-state index in [1.807, 2.05) is 6.07 Å². The van der Waals surface area contributed by atoms with Crippen LogP contribution in [0.1, 0.15) is 5.56 Å². The number of halogens is 1. The molecule has 0 aliphatic carbocycles. The lowest BCUT2D eigenvalue weighted by Gasteiger charge is -2.16. The maximum atomic E-state index is 12.8. The molecule has 0 fully saturated rings. The van der Waals surface area contributed by atoms with E-state index in [-0.39, 0.29) is 11.5 Å². The summed E-state index contributed by atoms with van der Waals surface area (Å²) >= 11 is 0. The number of hydrogen-bond donors (Lipinski definition) is 0. The molecule has 0 spiro atoms. The molecule has 0 atom stereocenters. The van der Waals surface area contributed by atoms with Gasteiger partial charge in [0.15, 0.2) is 0 Å². The van der Waals surface area contributed by atoms with E-state index >= 15 is 0 Å². The minimum Gasteiger partial charge on any atom is -0.311 e. The first kappa shape index (κ1) is 10.9. The van der Waals surface area contributed by atoms with E-state index in [9.17, 15) is 9.18 Å². The van der Waals surface area contributed by atoms with Crippen molar-refractivity contribution in [1.82, 2.24) is 0 Å². The van der Waals surface area contributed by atoms with Crippen LogP contribution in [0.15, 0.2) is 30.9 Å². The second kappa shape index (κ2) is 4.38. The zero-order valence-corrected chi connectivity index (χ0v) is 8.20. The summed E-state index contributed by atoms with van der Waals surface area (Å²) in [6, 6.07) is 5.50. The van der Waals surface area contributed by atoms with Crippen LogP contribution in [0.3, 0.4) is 0 Å². The minimum absolute atomic E-state index is 0.118. The third kappa shape index (κ3) is 2.20. The van der Waals surface area contributed by atoms with E-state index in [0.29, 0.717) is 5.69 Å². The maximum Gasteiger partial charge on any atom is 0.250 e. The molecule has 0 aliphatic heterocycles. The molecule has 0 radical (unpaired) electrons. The molecule has 0 saturated heterocycles. The van der Waals surface area contributed by atoms with Gasteiger partial charge in [0, 0.05) is 7.05 Å². The lowest BCUT2D eigenvalue weighted by Crippen LogP contribution is -2.24. The highest BCUT2D eigenvalue weighted by molar-refractivity contribution is 6.01. The third-order valence-corrected chi connectivity index (χ3v) is 1.95. The number of amides is 1. The Balaban J connectivity index is 3.20. The van der Waals surface area contributed by atoms with Crippen molar-refractivity contribution in [3.8, 4) is 6.07 Å². The predicted molar refractivity (Wildman–Crippen MR) is 54.7 cm³/mol. The zero-order chi connectivity index (χ0) is 11.4. The van der Waals surface area contributed by atoms with Crippen LogP contribution in [-0.2, 0) is 4.79 Å². The van der Waals surface area contributed by atoms with Crippen molar-refractivity contribution in [3.63, 3.8) is 0 Å². The highest BCUT2D eigenvalue weighted by atomic mass is 19.1. The minimum atomic E-state index is -0.505. The highest BCUT2D eigenvalue weighted by Gasteiger charge is 2.12. The average Bonchev–Trinajstić information content (AvgIpc) is 2.26. The van der Waals surface area contributed by atoms with Gasteiger partial charge in [0.25, 0.3) is 0 Å². The Bertz CT molecular complexity index is 448. The van der Waals surface area contributed by atoms with E-state index in [1.165, 1.54) is 24.1 Å². The number of nitrogens with zero attached hydrogens (tertiary/aromatic N) is 2. The average molecular weight is 204 g/mol. The van der Waals surface area contributed by atoms with Crippen LogP contribution in [0.2, 0.25) is 0 Å². The van der Waals surface area contributed by atoms with Crippen LogP contribution in [0.4, 0.5) is 10.1 Å². The second-order valence-electron chi connectivity index (χ2n) is 2.87. The number of benzene rings is 1. The molecule has 0 saturated carbocycles. The van der Waals surface area contributed by atoms with Crippen molar-refractivity contribution < 1.29 is 9.18 Å². The van der Waals surface area contributed by atoms with Crippen molar-refractivity contribution in [2.24, 2.45) is 0 Å². The molecule has 0 bridgehead atoms. The van der Waals surface area contributed by atoms with Gasteiger partial charge in [-0.3, -0.25) is 4.79 Å². The third-order valence-electron chi connectivity index (χ3n) is 1.95. The number of nitriles is 1. The largest absolute Gasteiger partial charge is 0.311 e. The Morgan fingerprint density at radius 1 is 1.67 bits per heavy atom. The normalized spacial score (nSPS) is 9.13. The van der Waals surface area contributed by atoms with E-state index in [4.69, 9.17) is 5.26 Å². The van der Waals surface area contributed by atoms with E-state index in [2.05, 4.69) is 6.58 Å². The summed E-state index contributed by atoms with van der Waals surface area (Å²) in [4.78, 5) is 12.5. The summed E-state index contributed by atoms with van der Waals surface area (Å²) in [6.45, 7) is 3.33. The van der Waals surface area contributed by atoms with Gasteiger partial charge in [-0.2, -0.15) is 5.26 Å². The van der Waals surface area contributed by atoms with Gasteiger partial charge in [-0.15, -0.1) is 0 Å².